The molecule has 0 N–H and O–H groups in total. The average Bonchev–Trinajstić information content (AvgIpc) is 2.87. The van der Waals surface area contributed by atoms with E-state index < -0.39 is 39.1 Å². The molecule has 3 heterocycles. The molecule has 142 valence electrons. The summed E-state index contributed by atoms with van der Waals surface area (Å²) >= 11 is 0. The Hall–Kier alpha value is -1.87. The second-order valence-corrected chi connectivity index (χ2v) is 9.12. The summed E-state index contributed by atoms with van der Waals surface area (Å²) < 4.78 is 51.4. The van der Waals surface area contributed by atoms with E-state index in [0.717, 1.165) is 11.8 Å². The molecule has 1 amide bonds. The lowest BCUT2D eigenvalue weighted by Crippen LogP contribution is -2.60. The summed E-state index contributed by atoms with van der Waals surface area (Å²) in [5.41, 5.74) is 0.644. The first-order valence-electron chi connectivity index (χ1n) is 8.38. The van der Waals surface area contributed by atoms with Crippen LogP contribution >= 0.6 is 0 Å². The first kappa shape index (κ1) is 18.9. The van der Waals surface area contributed by atoms with Gasteiger partial charge in [-0.25, -0.2) is 22.2 Å². The zero-order valence-electron chi connectivity index (χ0n) is 14.7. The van der Waals surface area contributed by atoms with Crippen molar-refractivity contribution in [2.45, 2.75) is 25.9 Å². The van der Waals surface area contributed by atoms with Crippen molar-refractivity contribution in [1.82, 2.24) is 14.8 Å². The number of aromatic nitrogens is 1. The van der Waals surface area contributed by atoms with Crippen LogP contribution in [-0.4, -0.2) is 72.3 Å². The Morgan fingerprint density at radius 3 is 2.62 bits per heavy atom. The van der Waals surface area contributed by atoms with Gasteiger partial charge in [-0.05, 0) is 13.8 Å². The standard InChI is InChI=1S/C17H21F2N3O3S/c1-11(2)3-4-21-5-6-22(15-10-26(24,25)9-14(15)21)17(23)16-13(19)7-12(18)8-20-16/h3,7-8,14-15H,4-6,9-10H2,1-2H3/t14-,15+/m0/s1. The van der Waals surface area contributed by atoms with Gasteiger partial charge in [0.2, 0.25) is 0 Å². The Morgan fingerprint density at radius 1 is 1.27 bits per heavy atom. The van der Waals surface area contributed by atoms with Gasteiger partial charge in [0, 0.05) is 31.7 Å². The number of halogens is 2. The van der Waals surface area contributed by atoms with Gasteiger partial charge in [0.1, 0.15) is 5.82 Å². The number of hydrogen-bond donors (Lipinski definition) is 0. The molecule has 3 rings (SSSR count). The Kier molecular flexibility index (Phi) is 5.12. The third-order valence-electron chi connectivity index (χ3n) is 4.80. The van der Waals surface area contributed by atoms with E-state index in [2.05, 4.69) is 4.98 Å². The van der Waals surface area contributed by atoms with Crippen LogP contribution in [0.2, 0.25) is 0 Å². The normalized spacial score (nSPS) is 25.0. The van der Waals surface area contributed by atoms with Crippen molar-refractivity contribution >= 4 is 15.7 Å². The summed E-state index contributed by atoms with van der Waals surface area (Å²) in [7, 11) is -3.30. The highest BCUT2D eigenvalue weighted by atomic mass is 32.2. The van der Waals surface area contributed by atoms with Crippen LogP contribution in [-0.2, 0) is 9.84 Å². The van der Waals surface area contributed by atoms with E-state index in [0.29, 0.717) is 19.2 Å². The molecule has 2 atom stereocenters. The first-order chi connectivity index (χ1) is 12.2. The highest BCUT2D eigenvalue weighted by Gasteiger charge is 2.48. The summed E-state index contributed by atoms with van der Waals surface area (Å²) in [6, 6.07) is -0.288. The molecule has 1 aromatic heterocycles. The monoisotopic (exact) mass is 385 g/mol. The minimum atomic E-state index is -3.30. The molecule has 0 bridgehead atoms. The molecule has 2 aliphatic rings. The molecule has 2 aliphatic heterocycles. The highest BCUT2D eigenvalue weighted by molar-refractivity contribution is 7.91. The molecule has 0 aliphatic carbocycles. The van der Waals surface area contributed by atoms with Crippen LogP contribution in [0.5, 0.6) is 0 Å². The summed E-state index contributed by atoms with van der Waals surface area (Å²) in [4.78, 5) is 19.7. The number of pyridine rings is 1. The van der Waals surface area contributed by atoms with Crippen molar-refractivity contribution < 1.29 is 22.0 Å². The molecule has 9 heteroatoms. The van der Waals surface area contributed by atoms with E-state index in [1.54, 1.807) is 0 Å². The minimum Gasteiger partial charge on any atom is -0.330 e. The third-order valence-corrected chi connectivity index (χ3v) is 6.50. The van der Waals surface area contributed by atoms with Crippen LogP contribution in [0.15, 0.2) is 23.9 Å². The summed E-state index contributed by atoms with van der Waals surface area (Å²) in [6.07, 6.45) is 2.80. The Morgan fingerprint density at radius 2 is 1.96 bits per heavy atom. The average molecular weight is 385 g/mol. The van der Waals surface area contributed by atoms with E-state index >= 15 is 0 Å². The van der Waals surface area contributed by atoms with Crippen molar-refractivity contribution in [2.75, 3.05) is 31.1 Å². The Bertz CT molecular complexity index is 853. The molecule has 0 saturated carbocycles. The van der Waals surface area contributed by atoms with Gasteiger partial charge >= 0.3 is 0 Å². The fourth-order valence-corrected chi connectivity index (χ4v) is 5.52. The molecule has 2 saturated heterocycles. The lowest BCUT2D eigenvalue weighted by Gasteiger charge is -2.43. The molecular formula is C17H21F2N3O3S. The second-order valence-electron chi connectivity index (χ2n) is 6.97. The molecule has 26 heavy (non-hydrogen) atoms. The van der Waals surface area contributed by atoms with Gasteiger partial charge in [0.25, 0.3) is 5.91 Å². The van der Waals surface area contributed by atoms with Crippen molar-refractivity contribution in [1.29, 1.82) is 0 Å². The number of allylic oxidation sites excluding steroid dienone is 1. The maximum Gasteiger partial charge on any atom is 0.275 e. The van der Waals surface area contributed by atoms with Crippen LogP contribution in [0.4, 0.5) is 8.78 Å². The lowest BCUT2D eigenvalue weighted by molar-refractivity contribution is 0.0359. The van der Waals surface area contributed by atoms with Gasteiger partial charge in [0.15, 0.2) is 21.3 Å². The van der Waals surface area contributed by atoms with Crippen molar-refractivity contribution in [2.24, 2.45) is 0 Å². The van der Waals surface area contributed by atoms with E-state index in [1.165, 1.54) is 4.90 Å². The van der Waals surface area contributed by atoms with E-state index in [9.17, 15) is 22.0 Å². The fraction of sp³-hybridized carbons (Fsp3) is 0.529. The molecule has 1 aromatic rings. The highest BCUT2D eigenvalue weighted by Crippen LogP contribution is 2.28. The number of fused-ring (bicyclic) bond motifs is 1. The Labute approximate surface area is 151 Å². The van der Waals surface area contributed by atoms with Gasteiger partial charge in [-0.3, -0.25) is 9.69 Å². The van der Waals surface area contributed by atoms with Gasteiger partial charge in [-0.2, -0.15) is 0 Å². The molecule has 0 spiro atoms. The predicted octanol–water partition coefficient (Wildman–Crippen LogP) is 1.25. The number of carbonyl (C=O) groups is 1. The number of nitrogens with zero attached hydrogens (tertiary/aromatic N) is 3. The zero-order chi connectivity index (χ0) is 19.1. The quantitative estimate of drug-likeness (QED) is 0.733. The summed E-state index contributed by atoms with van der Waals surface area (Å²) in [5, 5.41) is 0. The largest absolute Gasteiger partial charge is 0.330 e. The smallest absolute Gasteiger partial charge is 0.275 e. The van der Waals surface area contributed by atoms with E-state index in [1.807, 2.05) is 24.8 Å². The summed E-state index contributed by atoms with van der Waals surface area (Å²) in [6.45, 7) is 5.28. The van der Waals surface area contributed by atoms with Gasteiger partial charge in [0.05, 0.1) is 23.7 Å². The number of sulfone groups is 1. The zero-order valence-corrected chi connectivity index (χ0v) is 15.5. The first-order valence-corrected chi connectivity index (χ1v) is 10.2. The number of hydrogen-bond acceptors (Lipinski definition) is 5. The van der Waals surface area contributed by atoms with Crippen molar-refractivity contribution in [3.63, 3.8) is 0 Å². The van der Waals surface area contributed by atoms with E-state index in [4.69, 9.17) is 0 Å². The van der Waals surface area contributed by atoms with Crippen molar-refractivity contribution in [3.8, 4) is 0 Å². The number of amides is 1. The number of rotatable bonds is 3. The SMILES string of the molecule is CC(C)=CCN1CCN(C(=O)c2ncc(F)cc2F)[C@@H]2CS(=O)(=O)C[C@@H]21. The van der Waals surface area contributed by atoms with E-state index in [-0.39, 0.29) is 24.1 Å². The third kappa shape index (κ3) is 3.78. The molecule has 0 radical (unpaired) electrons. The van der Waals surface area contributed by atoms with Crippen LogP contribution < -0.4 is 0 Å². The number of carbonyl (C=O) groups excluding carboxylic acids is 1. The number of piperazine rings is 1. The van der Waals surface area contributed by atoms with Gasteiger partial charge in [-0.15, -0.1) is 0 Å². The van der Waals surface area contributed by atoms with Crippen LogP contribution in [0.3, 0.4) is 0 Å². The van der Waals surface area contributed by atoms with Gasteiger partial charge < -0.3 is 4.90 Å². The van der Waals surface area contributed by atoms with Crippen molar-refractivity contribution in [3.05, 3.63) is 41.2 Å². The predicted molar refractivity (Wildman–Crippen MR) is 92.4 cm³/mol. The second kappa shape index (κ2) is 7.03. The van der Waals surface area contributed by atoms with Crippen LogP contribution in [0, 0.1) is 11.6 Å². The maximum atomic E-state index is 14.0. The molecular weight excluding hydrogens is 364 g/mol. The topological polar surface area (TPSA) is 70.6 Å². The molecule has 0 aromatic carbocycles. The molecule has 0 unspecified atom stereocenters. The molecule has 6 nitrogen and oxygen atoms in total. The summed E-state index contributed by atoms with van der Waals surface area (Å²) in [5.74, 6) is -2.79. The lowest BCUT2D eigenvalue weighted by atomic mass is 10.0. The minimum absolute atomic E-state index is 0.0304. The Balaban J connectivity index is 1.88. The van der Waals surface area contributed by atoms with Crippen LogP contribution in [0.1, 0.15) is 24.3 Å². The molecule has 2 fully saturated rings. The van der Waals surface area contributed by atoms with Crippen LogP contribution in [0.25, 0.3) is 0 Å². The fourth-order valence-electron chi connectivity index (χ4n) is 3.51. The van der Waals surface area contributed by atoms with Gasteiger partial charge in [-0.1, -0.05) is 11.6 Å². The maximum absolute atomic E-state index is 14.0.